The fourth-order valence-electron chi connectivity index (χ4n) is 4.98. The third kappa shape index (κ3) is 3.14. The molecule has 1 saturated heterocycles. The first kappa shape index (κ1) is 19.0. The van der Waals surface area contributed by atoms with Crippen molar-refractivity contribution in [1.29, 1.82) is 0 Å². The highest BCUT2D eigenvalue weighted by atomic mass is 28.4. The van der Waals surface area contributed by atoms with Crippen molar-refractivity contribution in [3.05, 3.63) is 17.0 Å². The molecule has 0 aromatic heterocycles. The summed E-state index contributed by atoms with van der Waals surface area (Å²) in [6.07, 6.45) is 7.39. The third-order valence-corrected chi connectivity index (χ3v) is 11.8. The van der Waals surface area contributed by atoms with Crippen molar-refractivity contribution >= 4 is 8.32 Å². The molecule has 132 valence electrons. The second kappa shape index (κ2) is 6.52. The molecule has 1 saturated carbocycles. The Balaban J connectivity index is 2.66. The molecule has 0 amide bonds. The second-order valence-electron chi connectivity index (χ2n) is 9.41. The maximum atomic E-state index is 10.7. The molecule has 2 rings (SSSR count). The summed E-state index contributed by atoms with van der Waals surface area (Å²) in [5, 5.41) is 12.3. The van der Waals surface area contributed by atoms with Gasteiger partial charge in [-0.1, -0.05) is 54.9 Å². The standard InChI is InChI=1S/C20H36O2Si/c1-8-9-10-14-17-18-15(21)12-11-13-16(18)22-23(17,19(2,3)4)20(5,6)7/h10,15-16,18,21H,8-9,11-13H2,1-7H3/t14?,15-,16-,18+/m0/s1. The fraction of sp³-hybridized carbons (Fsp3) is 0.850. The van der Waals surface area contributed by atoms with E-state index in [9.17, 15) is 5.11 Å². The van der Waals surface area contributed by atoms with Crippen LogP contribution in [0.3, 0.4) is 0 Å². The Morgan fingerprint density at radius 2 is 1.78 bits per heavy atom. The van der Waals surface area contributed by atoms with Gasteiger partial charge in [-0.3, -0.25) is 0 Å². The molecule has 1 N–H and O–H groups in total. The van der Waals surface area contributed by atoms with Gasteiger partial charge in [0.25, 0.3) is 0 Å². The van der Waals surface area contributed by atoms with E-state index in [-0.39, 0.29) is 28.2 Å². The lowest BCUT2D eigenvalue weighted by Crippen LogP contribution is -2.54. The van der Waals surface area contributed by atoms with Crippen molar-refractivity contribution in [2.45, 2.75) is 103 Å². The summed E-state index contributed by atoms with van der Waals surface area (Å²) in [6.45, 7) is 16.2. The number of fused-ring (bicyclic) bond motifs is 1. The zero-order chi connectivity index (χ0) is 17.5. The maximum absolute atomic E-state index is 10.7. The smallest absolute Gasteiger partial charge is 0.239 e. The van der Waals surface area contributed by atoms with Crippen LogP contribution in [0, 0.1) is 5.92 Å². The van der Waals surface area contributed by atoms with Gasteiger partial charge in [0.15, 0.2) is 0 Å². The van der Waals surface area contributed by atoms with Gasteiger partial charge < -0.3 is 9.53 Å². The summed E-state index contributed by atoms with van der Waals surface area (Å²) in [7, 11) is -2.27. The molecule has 2 nitrogen and oxygen atoms in total. The van der Waals surface area contributed by atoms with Crippen molar-refractivity contribution in [3.63, 3.8) is 0 Å². The Hall–Kier alpha value is -0.343. The number of unbranched alkanes of at least 4 members (excludes halogenated alkanes) is 1. The molecule has 1 heterocycles. The topological polar surface area (TPSA) is 29.5 Å². The Labute approximate surface area is 144 Å². The average molecular weight is 337 g/mol. The molecule has 0 aromatic carbocycles. The Morgan fingerprint density at radius 3 is 2.30 bits per heavy atom. The number of hydrogen-bond acceptors (Lipinski definition) is 2. The zero-order valence-corrected chi connectivity index (χ0v) is 17.2. The average Bonchev–Trinajstić information content (AvgIpc) is 2.75. The van der Waals surface area contributed by atoms with Crippen molar-refractivity contribution in [1.82, 2.24) is 0 Å². The molecule has 3 atom stereocenters. The molecule has 2 fully saturated rings. The van der Waals surface area contributed by atoms with E-state index < -0.39 is 8.32 Å². The van der Waals surface area contributed by atoms with E-state index in [4.69, 9.17) is 4.43 Å². The molecule has 0 unspecified atom stereocenters. The van der Waals surface area contributed by atoms with Crippen LogP contribution in [0.25, 0.3) is 0 Å². The van der Waals surface area contributed by atoms with Gasteiger partial charge in [0.05, 0.1) is 12.2 Å². The lowest BCUT2D eigenvalue weighted by Gasteiger charge is -2.48. The van der Waals surface area contributed by atoms with Gasteiger partial charge in [-0.25, -0.2) is 0 Å². The zero-order valence-electron chi connectivity index (χ0n) is 16.2. The van der Waals surface area contributed by atoms with Crippen molar-refractivity contribution < 1.29 is 9.53 Å². The van der Waals surface area contributed by atoms with Crippen LogP contribution in [0.2, 0.25) is 10.1 Å². The lowest BCUT2D eigenvalue weighted by molar-refractivity contribution is 0.0227. The maximum Gasteiger partial charge on any atom is 0.239 e. The minimum Gasteiger partial charge on any atom is -0.407 e. The molecule has 0 bridgehead atoms. The van der Waals surface area contributed by atoms with E-state index in [2.05, 4.69) is 60.3 Å². The largest absolute Gasteiger partial charge is 0.407 e. The molecule has 0 aromatic rings. The molecule has 3 heteroatoms. The molecule has 1 aliphatic heterocycles. The highest BCUT2D eigenvalue weighted by Gasteiger charge is 2.66. The van der Waals surface area contributed by atoms with Crippen molar-refractivity contribution in [2.24, 2.45) is 5.92 Å². The SMILES string of the molecule is CCCC=C=C1[C@H]2[C@H](CCC[C@@H]2O)O[Si]1(C(C)(C)C)C(C)(C)C. The first-order valence-corrected chi connectivity index (χ1v) is 11.3. The normalized spacial score (nSPS) is 30.8. The van der Waals surface area contributed by atoms with Crippen molar-refractivity contribution in [3.8, 4) is 0 Å². The summed E-state index contributed by atoms with van der Waals surface area (Å²) in [5.74, 6) is 0.168. The number of aliphatic hydroxyl groups excluding tert-OH is 1. The molecule has 0 radical (unpaired) electrons. The molecule has 2 aliphatic rings. The fourth-order valence-corrected chi connectivity index (χ4v) is 11.6. The summed E-state index contributed by atoms with van der Waals surface area (Å²) in [6, 6.07) is 0. The second-order valence-corrected chi connectivity index (χ2v) is 14.5. The lowest BCUT2D eigenvalue weighted by atomic mass is 9.84. The minimum absolute atomic E-state index is 0.0880. The first-order chi connectivity index (χ1) is 10.6. The van der Waals surface area contributed by atoms with Crippen LogP contribution >= 0.6 is 0 Å². The minimum atomic E-state index is -2.27. The molecule has 23 heavy (non-hydrogen) atoms. The highest BCUT2D eigenvalue weighted by Crippen LogP contribution is 2.62. The van der Waals surface area contributed by atoms with E-state index in [1.165, 1.54) is 5.20 Å². The summed E-state index contributed by atoms with van der Waals surface area (Å²) >= 11 is 0. The van der Waals surface area contributed by atoms with Gasteiger partial charge in [0, 0.05) is 5.92 Å². The van der Waals surface area contributed by atoms with E-state index in [1.54, 1.807) is 0 Å². The van der Waals surface area contributed by atoms with Crippen LogP contribution in [0.1, 0.15) is 80.6 Å². The summed E-state index contributed by atoms with van der Waals surface area (Å²) in [5.41, 5.74) is 3.68. The van der Waals surface area contributed by atoms with Crippen LogP contribution in [-0.4, -0.2) is 25.6 Å². The van der Waals surface area contributed by atoms with Crippen LogP contribution in [0.15, 0.2) is 17.0 Å². The predicted octanol–water partition coefficient (Wildman–Crippen LogP) is 5.51. The van der Waals surface area contributed by atoms with Gasteiger partial charge in [-0.15, -0.1) is 5.73 Å². The molecule has 1 aliphatic carbocycles. The van der Waals surface area contributed by atoms with Gasteiger partial charge in [0.2, 0.25) is 8.32 Å². The first-order valence-electron chi connectivity index (χ1n) is 9.37. The van der Waals surface area contributed by atoms with Gasteiger partial charge >= 0.3 is 0 Å². The van der Waals surface area contributed by atoms with E-state index in [0.29, 0.717) is 0 Å². The van der Waals surface area contributed by atoms with Crippen LogP contribution in [0.5, 0.6) is 0 Å². The van der Waals surface area contributed by atoms with Crippen molar-refractivity contribution in [2.75, 3.05) is 0 Å². The van der Waals surface area contributed by atoms with Crippen LogP contribution in [-0.2, 0) is 4.43 Å². The number of rotatable bonds is 2. The molecule has 0 spiro atoms. The summed E-state index contributed by atoms with van der Waals surface area (Å²) < 4.78 is 6.95. The summed E-state index contributed by atoms with van der Waals surface area (Å²) in [4.78, 5) is 0. The van der Waals surface area contributed by atoms with Crippen LogP contribution in [0.4, 0.5) is 0 Å². The molecular weight excluding hydrogens is 300 g/mol. The Bertz CT molecular complexity index is 475. The molecular formula is C20H36O2Si. The van der Waals surface area contributed by atoms with Gasteiger partial charge in [-0.2, -0.15) is 0 Å². The predicted molar refractivity (Wildman–Crippen MR) is 99.9 cm³/mol. The highest BCUT2D eigenvalue weighted by molar-refractivity contribution is 6.86. The Morgan fingerprint density at radius 1 is 1.17 bits per heavy atom. The monoisotopic (exact) mass is 336 g/mol. The quantitative estimate of drug-likeness (QED) is 0.532. The number of aliphatic hydroxyl groups is 1. The van der Waals surface area contributed by atoms with Gasteiger partial charge in [-0.05, 0) is 47.0 Å². The number of hydrogen-bond donors (Lipinski definition) is 1. The van der Waals surface area contributed by atoms with E-state index in [0.717, 1.165) is 32.1 Å². The third-order valence-electron chi connectivity index (χ3n) is 5.65. The van der Waals surface area contributed by atoms with Gasteiger partial charge in [0.1, 0.15) is 0 Å². The Kier molecular flexibility index (Phi) is 5.38. The van der Waals surface area contributed by atoms with E-state index in [1.807, 2.05) is 0 Å². The van der Waals surface area contributed by atoms with E-state index >= 15 is 0 Å². The van der Waals surface area contributed by atoms with Crippen LogP contribution < -0.4 is 0 Å².